The molecule has 1 N–H and O–H groups in total. The normalized spacial score (nSPS) is 12.0. The van der Waals surface area contributed by atoms with Crippen LogP contribution >= 0.6 is 0 Å². The van der Waals surface area contributed by atoms with E-state index in [1.54, 1.807) is 42.5 Å². The number of likely N-dealkylation sites (N-methyl/N-ethyl adjacent to an activating group) is 1. The Morgan fingerprint density at radius 1 is 0.841 bits per heavy atom. The lowest BCUT2D eigenvalue weighted by Gasteiger charge is -2.33. The molecule has 0 aliphatic carbocycles. The van der Waals surface area contributed by atoms with Crippen molar-refractivity contribution in [2.45, 2.75) is 50.6 Å². The van der Waals surface area contributed by atoms with Crippen molar-refractivity contribution in [3.63, 3.8) is 0 Å². The molecule has 230 valence electrons. The fourth-order valence-corrected chi connectivity index (χ4v) is 6.34. The van der Waals surface area contributed by atoms with Gasteiger partial charge in [-0.3, -0.25) is 13.9 Å². The quantitative estimate of drug-likeness (QED) is 0.217. The van der Waals surface area contributed by atoms with E-state index in [1.807, 2.05) is 63.2 Å². The van der Waals surface area contributed by atoms with Crippen molar-refractivity contribution in [1.29, 1.82) is 0 Å². The number of benzene rings is 4. The van der Waals surface area contributed by atoms with Crippen molar-refractivity contribution >= 4 is 27.5 Å². The van der Waals surface area contributed by atoms with Gasteiger partial charge in [0.05, 0.1) is 10.6 Å². The Labute approximate surface area is 259 Å². The number of sulfonamides is 1. The lowest BCUT2D eigenvalue weighted by molar-refractivity contribution is -0.139. The third-order valence-electron chi connectivity index (χ3n) is 7.55. The summed E-state index contributed by atoms with van der Waals surface area (Å²) < 4.78 is 44.2. The van der Waals surface area contributed by atoms with Crippen molar-refractivity contribution in [1.82, 2.24) is 10.2 Å². The van der Waals surface area contributed by atoms with Crippen LogP contribution in [0.15, 0.2) is 108 Å². The van der Waals surface area contributed by atoms with E-state index in [2.05, 4.69) is 5.32 Å². The van der Waals surface area contributed by atoms with E-state index in [4.69, 9.17) is 0 Å². The predicted octanol–water partition coefficient (Wildman–Crippen LogP) is 5.84. The summed E-state index contributed by atoms with van der Waals surface area (Å²) >= 11 is 0. The molecule has 0 aromatic heterocycles. The Bertz CT molecular complexity index is 1680. The van der Waals surface area contributed by atoms with Crippen LogP contribution in [-0.4, -0.2) is 44.8 Å². The van der Waals surface area contributed by atoms with Crippen LogP contribution in [0.1, 0.15) is 42.0 Å². The topological polar surface area (TPSA) is 86.8 Å². The molecule has 0 saturated carbocycles. The van der Waals surface area contributed by atoms with Crippen LogP contribution in [0.5, 0.6) is 0 Å². The van der Waals surface area contributed by atoms with Gasteiger partial charge in [-0.15, -0.1) is 0 Å². The molecule has 2 amide bonds. The molecule has 44 heavy (non-hydrogen) atoms. The van der Waals surface area contributed by atoms with E-state index >= 15 is 0 Å². The molecule has 1 atom stereocenters. The van der Waals surface area contributed by atoms with Crippen molar-refractivity contribution in [2.24, 2.45) is 0 Å². The first-order valence-corrected chi connectivity index (χ1v) is 15.9. The van der Waals surface area contributed by atoms with Gasteiger partial charge in [-0.2, -0.15) is 0 Å². The number of nitrogens with one attached hydrogen (secondary N) is 1. The lowest BCUT2D eigenvalue weighted by atomic mass is 10.0. The van der Waals surface area contributed by atoms with Crippen molar-refractivity contribution in [3.05, 3.63) is 131 Å². The second-order valence-corrected chi connectivity index (χ2v) is 12.9. The summed E-state index contributed by atoms with van der Waals surface area (Å²) in [6.07, 6.45) is 0.147. The minimum absolute atomic E-state index is 0.0247. The maximum absolute atomic E-state index is 14.9. The van der Waals surface area contributed by atoms with Gasteiger partial charge >= 0.3 is 0 Å². The number of carbonyl (C=O) groups is 2. The van der Waals surface area contributed by atoms with Crippen molar-refractivity contribution in [2.75, 3.05) is 17.9 Å². The van der Waals surface area contributed by atoms with E-state index in [0.717, 1.165) is 21.0 Å². The van der Waals surface area contributed by atoms with E-state index in [0.29, 0.717) is 5.69 Å². The first-order valence-electron chi connectivity index (χ1n) is 14.5. The molecule has 9 heteroatoms. The van der Waals surface area contributed by atoms with Gasteiger partial charge < -0.3 is 10.2 Å². The van der Waals surface area contributed by atoms with Crippen molar-refractivity contribution in [3.8, 4) is 0 Å². The first kappa shape index (κ1) is 32.4. The fraction of sp³-hybridized carbons (Fsp3) is 0.257. The highest BCUT2D eigenvalue weighted by molar-refractivity contribution is 7.92. The smallest absolute Gasteiger partial charge is 0.264 e. The molecule has 0 spiro atoms. The summed E-state index contributed by atoms with van der Waals surface area (Å²) in [6.45, 7) is 5.08. The zero-order valence-corrected chi connectivity index (χ0v) is 26.2. The van der Waals surface area contributed by atoms with Gasteiger partial charge in [0.2, 0.25) is 11.8 Å². The molecule has 0 aliphatic rings. The average molecular weight is 616 g/mol. The second-order valence-electron chi connectivity index (χ2n) is 11.0. The Morgan fingerprint density at radius 3 is 2.05 bits per heavy atom. The molecule has 0 bridgehead atoms. The SMILES string of the molecule is CNC(=O)[C@H](Cc1ccccc1)N(Cc1ccccc1F)C(=O)CN(c1ccc(C(C)C)cc1)S(=O)(=O)c1ccc(C)cc1. The minimum atomic E-state index is -4.21. The number of nitrogens with zero attached hydrogens (tertiary/aromatic N) is 2. The molecular weight excluding hydrogens is 577 g/mol. The lowest BCUT2D eigenvalue weighted by Crippen LogP contribution is -2.53. The van der Waals surface area contributed by atoms with Crippen LogP contribution in [0, 0.1) is 12.7 Å². The zero-order valence-electron chi connectivity index (χ0n) is 25.4. The standard InChI is InChI=1S/C35H38FN3O4S/c1-25(2)28-16-18-30(19-17-28)39(44(42,43)31-20-14-26(3)15-21-31)24-34(40)38(23-29-12-8-9-13-32(29)36)33(35(41)37-4)22-27-10-6-5-7-11-27/h5-21,25,33H,22-24H2,1-4H3,(H,37,41)/t33-/m0/s1. The van der Waals surface area contributed by atoms with Gasteiger partial charge in [0.15, 0.2) is 0 Å². The summed E-state index contributed by atoms with van der Waals surface area (Å²) in [7, 11) is -2.74. The van der Waals surface area contributed by atoms with E-state index in [9.17, 15) is 22.4 Å². The molecule has 4 aromatic carbocycles. The maximum Gasteiger partial charge on any atom is 0.264 e. The molecule has 0 aliphatic heterocycles. The number of aryl methyl sites for hydroxylation is 1. The molecule has 0 radical (unpaired) electrons. The number of rotatable bonds is 12. The van der Waals surface area contributed by atoms with Crippen LogP contribution in [0.25, 0.3) is 0 Å². The average Bonchev–Trinajstić information content (AvgIpc) is 3.02. The molecule has 4 aromatic rings. The highest BCUT2D eigenvalue weighted by Gasteiger charge is 2.34. The van der Waals surface area contributed by atoms with Crippen LogP contribution in [-0.2, 0) is 32.6 Å². The molecule has 4 rings (SSSR count). The minimum Gasteiger partial charge on any atom is -0.357 e. The molecular formula is C35H38FN3O4S. The predicted molar refractivity (Wildman–Crippen MR) is 171 cm³/mol. The molecule has 0 fully saturated rings. The second kappa shape index (κ2) is 14.3. The van der Waals surface area contributed by atoms with Crippen LogP contribution in [0.4, 0.5) is 10.1 Å². The maximum atomic E-state index is 14.9. The van der Waals surface area contributed by atoms with Crippen LogP contribution in [0.2, 0.25) is 0 Å². The van der Waals surface area contributed by atoms with Gasteiger partial charge in [0.25, 0.3) is 10.0 Å². The first-order chi connectivity index (χ1) is 21.0. The van der Waals surface area contributed by atoms with E-state index < -0.39 is 40.2 Å². The Balaban J connectivity index is 1.80. The number of carbonyl (C=O) groups excluding carboxylic acids is 2. The summed E-state index contributed by atoms with van der Waals surface area (Å²) in [6, 6.07) is 27.6. The van der Waals surface area contributed by atoms with Gasteiger partial charge in [0, 0.05) is 25.6 Å². The third-order valence-corrected chi connectivity index (χ3v) is 9.34. The fourth-order valence-electron chi connectivity index (χ4n) is 4.92. The van der Waals surface area contributed by atoms with Crippen LogP contribution < -0.4 is 9.62 Å². The van der Waals surface area contributed by atoms with E-state index in [1.165, 1.54) is 30.1 Å². The molecule has 0 saturated heterocycles. The number of anilines is 1. The summed E-state index contributed by atoms with van der Waals surface area (Å²) in [5.74, 6) is -1.42. The van der Waals surface area contributed by atoms with E-state index in [-0.39, 0.29) is 29.3 Å². The Morgan fingerprint density at radius 2 is 1.45 bits per heavy atom. The zero-order chi connectivity index (χ0) is 31.9. The summed E-state index contributed by atoms with van der Waals surface area (Å²) in [5.41, 5.74) is 3.20. The van der Waals surface area contributed by atoms with Gasteiger partial charge in [-0.05, 0) is 54.3 Å². The third kappa shape index (κ3) is 7.71. The number of amides is 2. The Hall–Kier alpha value is -4.50. The highest BCUT2D eigenvalue weighted by atomic mass is 32.2. The Kier molecular flexibility index (Phi) is 10.5. The number of halogens is 1. The number of hydrogen-bond donors (Lipinski definition) is 1. The number of hydrogen-bond acceptors (Lipinski definition) is 4. The highest BCUT2D eigenvalue weighted by Crippen LogP contribution is 2.27. The van der Waals surface area contributed by atoms with Crippen molar-refractivity contribution < 1.29 is 22.4 Å². The largest absolute Gasteiger partial charge is 0.357 e. The van der Waals surface area contributed by atoms with Gasteiger partial charge in [-0.1, -0.05) is 92.2 Å². The monoisotopic (exact) mass is 615 g/mol. The molecule has 0 heterocycles. The van der Waals surface area contributed by atoms with Crippen LogP contribution in [0.3, 0.4) is 0 Å². The van der Waals surface area contributed by atoms with Gasteiger partial charge in [-0.25, -0.2) is 12.8 Å². The molecule has 7 nitrogen and oxygen atoms in total. The summed E-state index contributed by atoms with van der Waals surface area (Å²) in [5, 5.41) is 2.63. The van der Waals surface area contributed by atoms with Gasteiger partial charge in [0.1, 0.15) is 18.4 Å². The molecule has 0 unspecified atom stereocenters. The summed E-state index contributed by atoms with van der Waals surface area (Å²) in [4.78, 5) is 28.9.